The van der Waals surface area contributed by atoms with Crippen molar-refractivity contribution in [2.24, 2.45) is 0 Å². The van der Waals surface area contributed by atoms with Crippen LogP contribution in [0.2, 0.25) is 0 Å². The van der Waals surface area contributed by atoms with Gasteiger partial charge in [0.1, 0.15) is 4.88 Å². The van der Waals surface area contributed by atoms with E-state index < -0.39 is 0 Å². The molecule has 3 N–H and O–H groups in total. The molecule has 0 unspecified atom stereocenters. The molecule has 1 heterocycles. The van der Waals surface area contributed by atoms with Gasteiger partial charge in [-0.15, -0.1) is 11.3 Å². The highest BCUT2D eigenvalue weighted by molar-refractivity contribution is 9.10. The van der Waals surface area contributed by atoms with E-state index in [1.807, 2.05) is 48.5 Å². The van der Waals surface area contributed by atoms with Gasteiger partial charge in [-0.1, -0.05) is 30.3 Å². The summed E-state index contributed by atoms with van der Waals surface area (Å²) < 4.78 is 1.86. The van der Waals surface area contributed by atoms with Crippen molar-refractivity contribution in [3.05, 3.63) is 57.9 Å². The third-order valence-corrected chi connectivity index (χ3v) is 4.84. The summed E-state index contributed by atoms with van der Waals surface area (Å²) in [6.45, 7) is 0. The summed E-state index contributed by atoms with van der Waals surface area (Å²) in [5, 5.41) is 3.80. The van der Waals surface area contributed by atoms with E-state index in [1.54, 1.807) is 0 Å². The number of benzene rings is 2. The van der Waals surface area contributed by atoms with Crippen molar-refractivity contribution in [3.63, 3.8) is 0 Å². The summed E-state index contributed by atoms with van der Waals surface area (Å²) in [7, 11) is 0. The van der Waals surface area contributed by atoms with Crippen LogP contribution in [0, 0.1) is 0 Å². The van der Waals surface area contributed by atoms with Gasteiger partial charge in [0.05, 0.1) is 11.4 Å². The first-order valence-electron chi connectivity index (χ1n) is 5.99. The number of rotatable bonds is 2. The van der Waals surface area contributed by atoms with Gasteiger partial charge < -0.3 is 11.1 Å². The monoisotopic (exact) mass is 346 g/mol. The normalized spacial score (nSPS) is 10.7. The number of carbonyl (C=O) groups excluding carboxylic acids is 1. The molecule has 0 bridgehead atoms. The maximum atomic E-state index is 12.4. The fourth-order valence-electron chi connectivity index (χ4n) is 1.98. The van der Waals surface area contributed by atoms with Crippen LogP contribution < -0.4 is 11.1 Å². The Labute approximate surface area is 128 Å². The molecule has 0 aliphatic rings. The molecule has 1 amide bonds. The molecule has 3 rings (SSSR count). The third kappa shape index (κ3) is 2.30. The second-order valence-electron chi connectivity index (χ2n) is 4.27. The minimum atomic E-state index is -0.185. The molecule has 0 saturated heterocycles. The number of hydrogen-bond acceptors (Lipinski definition) is 3. The van der Waals surface area contributed by atoms with E-state index in [0.717, 1.165) is 20.2 Å². The Balaban J connectivity index is 1.97. The summed E-state index contributed by atoms with van der Waals surface area (Å²) >= 11 is 4.81. The maximum Gasteiger partial charge on any atom is 0.267 e. The number of thiophene rings is 1. The van der Waals surface area contributed by atoms with Gasteiger partial charge in [-0.3, -0.25) is 4.79 Å². The second-order valence-corrected chi connectivity index (χ2v) is 6.18. The Morgan fingerprint density at radius 1 is 1.10 bits per heavy atom. The molecule has 1 aromatic heterocycles. The van der Waals surface area contributed by atoms with Crippen LogP contribution in [-0.4, -0.2) is 5.91 Å². The molecular formula is C15H11BrN2OS. The van der Waals surface area contributed by atoms with Gasteiger partial charge in [0.2, 0.25) is 0 Å². The fourth-order valence-corrected chi connectivity index (χ4v) is 3.38. The topological polar surface area (TPSA) is 55.1 Å². The summed E-state index contributed by atoms with van der Waals surface area (Å²) in [5.74, 6) is -0.185. The Morgan fingerprint density at radius 3 is 2.55 bits per heavy atom. The maximum absolute atomic E-state index is 12.4. The van der Waals surface area contributed by atoms with Crippen molar-refractivity contribution in [3.8, 4) is 0 Å². The van der Waals surface area contributed by atoms with E-state index in [0.29, 0.717) is 10.6 Å². The number of nitrogen functional groups attached to an aromatic ring is 1. The van der Waals surface area contributed by atoms with Gasteiger partial charge in [-0.2, -0.15) is 0 Å². The number of carbonyl (C=O) groups is 1. The molecule has 2 aromatic carbocycles. The van der Waals surface area contributed by atoms with Gasteiger partial charge in [-0.05, 0) is 34.1 Å². The minimum absolute atomic E-state index is 0.185. The van der Waals surface area contributed by atoms with Crippen molar-refractivity contribution in [1.82, 2.24) is 0 Å². The van der Waals surface area contributed by atoms with Crippen LogP contribution in [-0.2, 0) is 0 Å². The number of anilines is 2. The van der Waals surface area contributed by atoms with Crippen LogP contribution in [0.15, 0.2) is 53.0 Å². The Morgan fingerprint density at radius 2 is 1.80 bits per heavy atom. The molecule has 0 spiro atoms. The van der Waals surface area contributed by atoms with E-state index in [9.17, 15) is 4.79 Å². The smallest absolute Gasteiger partial charge is 0.267 e. The van der Waals surface area contributed by atoms with Crippen molar-refractivity contribution < 1.29 is 4.79 Å². The molecule has 100 valence electrons. The molecule has 20 heavy (non-hydrogen) atoms. The fraction of sp³-hybridized carbons (Fsp3) is 0. The van der Waals surface area contributed by atoms with Crippen molar-refractivity contribution in [2.45, 2.75) is 0 Å². The second kappa shape index (κ2) is 5.26. The molecule has 3 nitrogen and oxygen atoms in total. The molecule has 0 atom stereocenters. The first-order chi connectivity index (χ1) is 9.66. The molecule has 0 aliphatic carbocycles. The average Bonchev–Trinajstić information content (AvgIpc) is 2.79. The lowest BCUT2D eigenvalue weighted by Gasteiger charge is -2.06. The number of amides is 1. The van der Waals surface area contributed by atoms with E-state index in [4.69, 9.17) is 5.73 Å². The molecule has 0 saturated carbocycles. The Kier molecular flexibility index (Phi) is 3.46. The largest absolute Gasteiger partial charge is 0.397 e. The van der Waals surface area contributed by atoms with Gasteiger partial charge in [0.25, 0.3) is 5.91 Å². The van der Waals surface area contributed by atoms with Gasteiger partial charge in [0.15, 0.2) is 0 Å². The van der Waals surface area contributed by atoms with E-state index in [-0.39, 0.29) is 5.91 Å². The van der Waals surface area contributed by atoms with Crippen LogP contribution in [0.4, 0.5) is 11.4 Å². The van der Waals surface area contributed by atoms with Crippen LogP contribution >= 0.6 is 27.3 Å². The van der Waals surface area contributed by atoms with Crippen LogP contribution in [0.25, 0.3) is 10.1 Å². The summed E-state index contributed by atoms with van der Waals surface area (Å²) in [6, 6.07) is 15.2. The van der Waals surface area contributed by atoms with Crippen molar-refractivity contribution >= 4 is 54.6 Å². The summed E-state index contributed by atoms with van der Waals surface area (Å²) in [4.78, 5) is 12.9. The zero-order valence-corrected chi connectivity index (χ0v) is 12.8. The van der Waals surface area contributed by atoms with Gasteiger partial charge in [-0.25, -0.2) is 0 Å². The van der Waals surface area contributed by atoms with Gasteiger partial charge in [0, 0.05) is 14.6 Å². The standard InChI is InChI=1S/C15H11BrN2OS/c16-10-6-2-3-7-11(10)18-15(19)14-13(17)9-5-1-4-8-12(9)20-14/h1-8H,17H2,(H,18,19). The average molecular weight is 347 g/mol. The number of nitrogens with two attached hydrogens (primary N) is 1. The van der Waals surface area contributed by atoms with E-state index >= 15 is 0 Å². The highest BCUT2D eigenvalue weighted by Crippen LogP contribution is 2.34. The number of nitrogens with one attached hydrogen (secondary N) is 1. The SMILES string of the molecule is Nc1c(C(=O)Nc2ccccc2Br)sc2ccccc12. The zero-order valence-electron chi connectivity index (χ0n) is 10.4. The molecule has 0 fully saturated rings. The number of halogens is 1. The molecule has 0 aliphatic heterocycles. The quantitative estimate of drug-likeness (QED) is 0.717. The van der Waals surface area contributed by atoms with Crippen molar-refractivity contribution in [1.29, 1.82) is 0 Å². The van der Waals surface area contributed by atoms with E-state index in [2.05, 4.69) is 21.2 Å². The molecule has 0 radical (unpaired) electrons. The first-order valence-corrected chi connectivity index (χ1v) is 7.60. The summed E-state index contributed by atoms with van der Waals surface area (Å²) in [6.07, 6.45) is 0. The Bertz CT molecular complexity index is 797. The third-order valence-electron chi connectivity index (χ3n) is 2.96. The van der Waals surface area contributed by atoms with Gasteiger partial charge >= 0.3 is 0 Å². The highest BCUT2D eigenvalue weighted by Gasteiger charge is 2.16. The minimum Gasteiger partial charge on any atom is -0.397 e. The lowest BCUT2D eigenvalue weighted by molar-refractivity contribution is 0.103. The molecular weight excluding hydrogens is 336 g/mol. The van der Waals surface area contributed by atoms with Crippen molar-refractivity contribution in [2.75, 3.05) is 11.1 Å². The number of para-hydroxylation sites is 1. The Hall–Kier alpha value is -1.85. The molecule has 5 heteroatoms. The lowest BCUT2D eigenvalue weighted by Crippen LogP contribution is -2.12. The molecule has 3 aromatic rings. The van der Waals surface area contributed by atoms with Crippen LogP contribution in [0.1, 0.15) is 9.67 Å². The lowest BCUT2D eigenvalue weighted by atomic mass is 10.2. The number of hydrogen-bond donors (Lipinski definition) is 2. The van der Waals surface area contributed by atoms with Crippen LogP contribution in [0.3, 0.4) is 0 Å². The first kappa shape index (κ1) is 13.1. The zero-order chi connectivity index (χ0) is 14.1. The predicted molar refractivity (Wildman–Crippen MR) is 88.3 cm³/mol. The summed E-state index contributed by atoms with van der Waals surface area (Å²) in [5.41, 5.74) is 7.34. The van der Waals surface area contributed by atoms with E-state index in [1.165, 1.54) is 11.3 Å². The van der Waals surface area contributed by atoms with Crippen LogP contribution in [0.5, 0.6) is 0 Å². The number of fused-ring (bicyclic) bond motifs is 1. The predicted octanol–water partition coefficient (Wildman–Crippen LogP) is 4.50. The highest BCUT2D eigenvalue weighted by atomic mass is 79.9.